The van der Waals surface area contributed by atoms with Gasteiger partial charge in [0, 0.05) is 26.0 Å². The minimum atomic E-state index is -0.0187. The maximum Gasteiger partial charge on any atom is 0.135 e. The molecule has 0 fully saturated rings. The van der Waals surface area contributed by atoms with E-state index in [1.165, 1.54) is 5.69 Å². The first-order valence-corrected chi connectivity index (χ1v) is 11.6. The molecule has 5 heteroatoms. The Hall–Kier alpha value is -1.07. The van der Waals surface area contributed by atoms with Crippen LogP contribution in [0.25, 0.3) is 10.9 Å². The van der Waals surface area contributed by atoms with Crippen LogP contribution in [0.3, 0.4) is 0 Å². The smallest absolute Gasteiger partial charge is 0.135 e. The minimum absolute atomic E-state index is 0.00363. The molecule has 0 amide bonds. The van der Waals surface area contributed by atoms with Crippen molar-refractivity contribution >= 4 is 54.4 Å². The lowest BCUT2D eigenvalue weighted by Crippen LogP contribution is -2.34. The van der Waals surface area contributed by atoms with Crippen molar-refractivity contribution in [2.75, 3.05) is 0 Å². The maximum atomic E-state index is 6.93. The van der Waals surface area contributed by atoms with Crippen LogP contribution in [0, 0.1) is 5.92 Å². The number of aromatic nitrogens is 1. The Balaban J connectivity index is 1.58. The summed E-state index contributed by atoms with van der Waals surface area (Å²) in [4.78, 5) is 0. The van der Waals surface area contributed by atoms with E-state index in [4.69, 9.17) is 16.3 Å². The zero-order chi connectivity index (χ0) is 19.3. The van der Waals surface area contributed by atoms with Crippen LogP contribution in [0.4, 0.5) is 0 Å². The number of benzene rings is 1. The van der Waals surface area contributed by atoms with Gasteiger partial charge in [0.2, 0.25) is 0 Å². The van der Waals surface area contributed by atoms with Gasteiger partial charge in [0.05, 0.1) is 16.6 Å². The molecular formula is C23H20Br2ClNO. The first-order chi connectivity index (χ1) is 13.6. The average Bonchev–Trinajstić information content (AvgIpc) is 2.99. The molecule has 0 saturated carbocycles. The van der Waals surface area contributed by atoms with Crippen LogP contribution >= 0.6 is 43.5 Å². The largest absolute Gasteiger partial charge is 0.350 e. The highest BCUT2D eigenvalue weighted by Crippen LogP contribution is 2.47. The summed E-state index contributed by atoms with van der Waals surface area (Å²) < 4.78 is 11.1. The normalized spacial score (nSPS) is 28.3. The number of halogens is 3. The van der Waals surface area contributed by atoms with Gasteiger partial charge < -0.3 is 9.30 Å². The number of nitrogens with zero attached hydrogens (tertiary/aromatic N) is 1. The molecule has 144 valence electrons. The second kappa shape index (κ2) is 7.64. The van der Waals surface area contributed by atoms with Gasteiger partial charge in [-0.1, -0.05) is 79.9 Å². The van der Waals surface area contributed by atoms with Crippen molar-refractivity contribution in [3.05, 3.63) is 80.4 Å². The zero-order valence-corrected chi connectivity index (χ0v) is 19.1. The molecule has 1 aliphatic heterocycles. The predicted molar refractivity (Wildman–Crippen MR) is 123 cm³/mol. The Bertz CT molecular complexity index is 1050. The Kier molecular flexibility index (Phi) is 5.16. The van der Waals surface area contributed by atoms with Gasteiger partial charge >= 0.3 is 0 Å². The molecule has 0 N–H and O–H groups in total. The summed E-state index contributed by atoms with van der Waals surface area (Å²) in [7, 11) is 0. The SMILES string of the molecule is Clc1c2n(c3ccc(Br)cc13)C(CCC1C=CC=CC1)OC1C=C(Br)C=CC21. The fourth-order valence-electron chi connectivity index (χ4n) is 4.52. The summed E-state index contributed by atoms with van der Waals surface area (Å²) in [5.41, 5.74) is 2.32. The first kappa shape index (κ1) is 18.9. The van der Waals surface area contributed by atoms with E-state index in [1.807, 2.05) is 0 Å². The monoisotopic (exact) mass is 519 g/mol. The van der Waals surface area contributed by atoms with Gasteiger partial charge in [0.15, 0.2) is 0 Å². The molecule has 2 heterocycles. The number of hydrogen-bond donors (Lipinski definition) is 0. The summed E-state index contributed by atoms with van der Waals surface area (Å²) in [6.07, 6.45) is 18.4. The molecule has 2 aromatic rings. The molecule has 4 unspecified atom stereocenters. The maximum absolute atomic E-state index is 6.93. The molecule has 5 rings (SSSR count). The molecule has 28 heavy (non-hydrogen) atoms. The molecular weight excluding hydrogens is 502 g/mol. The van der Waals surface area contributed by atoms with E-state index < -0.39 is 0 Å². The highest BCUT2D eigenvalue weighted by atomic mass is 79.9. The van der Waals surface area contributed by atoms with Crippen molar-refractivity contribution < 1.29 is 4.74 Å². The molecule has 2 aliphatic carbocycles. The van der Waals surface area contributed by atoms with E-state index in [9.17, 15) is 0 Å². The zero-order valence-electron chi connectivity index (χ0n) is 15.2. The van der Waals surface area contributed by atoms with E-state index in [0.717, 1.165) is 44.1 Å². The molecule has 0 radical (unpaired) electrons. The van der Waals surface area contributed by atoms with Crippen molar-refractivity contribution in [1.82, 2.24) is 4.57 Å². The summed E-state index contributed by atoms with van der Waals surface area (Å²) in [6.45, 7) is 0. The lowest BCUT2D eigenvalue weighted by molar-refractivity contribution is -0.0641. The Morgan fingerprint density at radius 2 is 2.04 bits per heavy atom. The van der Waals surface area contributed by atoms with Gasteiger partial charge in [-0.15, -0.1) is 0 Å². The van der Waals surface area contributed by atoms with E-state index >= 15 is 0 Å². The van der Waals surface area contributed by atoms with Crippen molar-refractivity contribution in [2.24, 2.45) is 5.92 Å². The van der Waals surface area contributed by atoms with Crippen molar-refractivity contribution in [3.63, 3.8) is 0 Å². The third-order valence-electron chi connectivity index (χ3n) is 5.85. The first-order valence-electron chi connectivity index (χ1n) is 9.65. The van der Waals surface area contributed by atoms with Crippen LogP contribution in [0.2, 0.25) is 5.02 Å². The average molecular weight is 522 g/mol. The minimum Gasteiger partial charge on any atom is -0.350 e. The van der Waals surface area contributed by atoms with Gasteiger partial charge in [-0.05, 0) is 49.5 Å². The summed E-state index contributed by atoms with van der Waals surface area (Å²) in [5.74, 6) is 0.712. The number of allylic oxidation sites excluding steroid dienone is 6. The Morgan fingerprint density at radius 3 is 2.86 bits per heavy atom. The molecule has 4 atom stereocenters. The molecule has 0 spiro atoms. The predicted octanol–water partition coefficient (Wildman–Crippen LogP) is 7.80. The second-order valence-electron chi connectivity index (χ2n) is 7.61. The molecule has 2 nitrogen and oxygen atoms in total. The summed E-state index contributed by atoms with van der Waals surface area (Å²) >= 11 is 14.1. The molecule has 3 aliphatic rings. The summed E-state index contributed by atoms with van der Waals surface area (Å²) in [6, 6.07) is 6.34. The van der Waals surface area contributed by atoms with Gasteiger partial charge in [-0.25, -0.2) is 0 Å². The third-order valence-corrected chi connectivity index (χ3v) is 7.27. The van der Waals surface area contributed by atoms with Gasteiger partial charge in [-0.2, -0.15) is 0 Å². The van der Waals surface area contributed by atoms with Crippen molar-refractivity contribution in [1.29, 1.82) is 0 Å². The Morgan fingerprint density at radius 1 is 1.14 bits per heavy atom. The molecule has 1 aromatic heterocycles. The van der Waals surface area contributed by atoms with Crippen LogP contribution in [-0.2, 0) is 4.74 Å². The van der Waals surface area contributed by atoms with Crippen LogP contribution in [0.1, 0.15) is 37.1 Å². The van der Waals surface area contributed by atoms with E-state index in [2.05, 4.69) is 97.2 Å². The van der Waals surface area contributed by atoms with Gasteiger partial charge in [0.1, 0.15) is 6.23 Å². The summed E-state index contributed by atoms with van der Waals surface area (Å²) in [5, 5.41) is 1.93. The lowest BCUT2D eigenvalue weighted by Gasteiger charge is -2.38. The number of hydrogen-bond acceptors (Lipinski definition) is 1. The highest BCUT2D eigenvalue weighted by molar-refractivity contribution is 9.12. The highest BCUT2D eigenvalue weighted by Gasteiger charge is 2.38. The van der Waals surface area contributed by atoms with Crippen LogP contribution in [-0.4, -0.2) is 10.7 Å². The second-order valence-corrected chi connectivity index (χ2v) is 9.82. The molecule has 0 saturated heterocycles. The van der Waals surface area contributed by atoms with Crippen molar-refractivity contribution in [2.45, 2.75) is 37.5 Å². The van der Waals surface area contributed by atoms with Gasteiger partial charge in [0.25, 0.3) is 0 Å². The van der Waals surface area contributed by atoms with E-state index in [-0.39, 0.29) is 18.2 Å². The van der Waals surface area contributed by atoms with Crippen LogP contribution in [0.5, 0.6) is 0 Å². The third kappa shape index (κ3) is 3.28. The van der Waals surface area contributed by atoms with E-state index in [0.29, 0.717) is 5.92 Å². The molecule has 0 bridgehead atoms. The van der Waals surface area contributed by atoms with Crippen LogP contribution in [0.15, 0.2) is 69.7 Å². The fraction of sp³-hybridized carbons (Fsp3) is 0.304. The van der Waals surface area contributed by atoms with Crippen LogP contribution < -0.4 is 0 Å². The molecule has 1 aromatic carbocycles. The number of ether oxygens (including phenoxy) is 1. The number of fused-ring (bicyclic) bond motifs is 5. The quantitative estimate of drug-likeness (QED) is 0.402. The standard InChI is InChI=1S/C23H20Br2ClNO/c24-15-8-10-19-18(12-15)22(26)23-17-9-7-16(25)13-20(17)28-21(27(19)23)11-6-14-4-2-1-3-5-14/h1-4,7-10,12-14,17,20-21H,5-6,11H2. The topological polar surface area (TPSA) is 14.2 Å². The van der Waals surface area contributed by atoms with Crippen molar-refractivity contribution in [3.8, 4) is 0 Å². The fourth-order valence-corrected chi connectivity index (χ4v) is 5.66. The number of rotatable bonds is 3. The van der Waals surface area contributed by atoms with E-state index in [1.54, 1.807) is 0 Å². The lowest BCUT2D eigenvalue weighted by atomic mass is 9.91. The van der Waals surface area contributed by atoms with Gasteiger partial charge in [-0.3, -0.25) is 0 Å². The Labute approximate surface area is 186 Å².